The van der Waals surface area contributed by atoms with Crippen molar-refractivity contribution in [2.75, 3.05) is 75.2 Å². The van der Waals surface area contributed by atoms with Crippen LogP contribution in [0.4, 0.5) is 17.8 Å². The number of aliphatic hydroxyl groups excluding tert-OH is 2. The lowest BCUT2D eigenvalue weighted by Gasteiger charge is -2.15. The maximum atomic E-state index is 9.22. The fourth-order valence-corrected chi connectivity index (χ4v) is 1.95. The van der Waals surface area contributed by atoms with Gasteiger partial charge in [0.25, 0.3) is 0 Å². The molecule has 0 bridgehead atoms. The number of aliphatic hydroxyl groups is 2. The lowest BCUT2D eigenvalue weighted by atomic mass is 10.3. The highest BCUT2D eigenvalue weighted by Crippen LogP contribution is 2.10. The van der Waals surface area contributed by atoms with Crippen molar-refractivity contribution < 1.29 is 19.7 Å². The van der Waals surface area contributed by atoms with E-state index in [2.05, 4.69) is 37.8 Å². The number of hydrogen-bond donors (Lipinski definition) is 6. The number of rotatable bonds is 17. The number of hydrogen-bond acceptors (Lipinski definition) is 11. The Morgan fingerprint density at radius 3 is 2.07 bits per heavy atom. The predicted octanol–water partition coefficient (Wildman–Crippen LogP) is -0.747. The normalized spacial score (nSPS) is 11.0. The van der Waals surface area contributed by atoms with E-state index < -0.39 is 6.04 Å². The van der Waals surface area contributed by atoms with Crippen LogP contribution in [0.5, 0.6) is 0 Å². The van der Waals surface area contributed by atoms with E-state index in [1.807, 2.05) is 0 Å². The summed E-state index contributed by atoms with van der Waals surface area (Å²) in [5.74, 6) is 1.08. The average Bonchev–Trinajstić information content (AvgIpc) is 2.68. The van der Waals surface area contributed by atoms with Crippen LogP contribution in [0.25, 0.3) is 0 Å². The van der Waals surface area contributed by atoms with Gasteiger partial charge >= 0.3 is 0 Å². The van der Waals surface area contributed by atoms with Crippen molar-refractivity contribution >= 4 is 17.8 Å². The van der Waals surface area contributed by atoms with Gasteiger partial charge in [-0.1, -0.05) is 13.3 Å². The molecule has 156 valence electrons. The van der Waals surface area contributed by atoms with Crippen LogP contribution in [-0.4, -0.2) is 90.5 Å². The molecule has 11 heteroatoms. The summed E-state index contributed by atoms with van der Waals surface area (Å²) in [6.07, 6.45) is 2.05. The molecule has 0 saturated carbocycles. The fraction of sp³-hybridized carbons (Fsp3) is 0.812. The molecule has 0 aliphatic rings. The van der Waals surface area contributed by atoms with Gasteiger partial charge in [-0.15, -0.1) is 0 Å². The third kappa shape index (κ3) is 10.8. The molecule has 7 N–H and O–H groups in total. The van der Waals surface area contributed by atoms with Gasteiger partial charge in [-0.25, -0.2) is 0 Å². The van der Waals surface area contributed by atoms with Crippen LogP contribution in [0.3, 0.4) is 0 Å². The van der Waals surface area contributed by atoms with Crippen molar-refractivity contribution in [3.05, 3.63) is 0 Å². The highest BCUT2D eigenvalue weighted by Gasteiger charge is 2.11. The fourth-order valence-electron chi connectivity index (χ4n) is 1.95. The van der Waals surface area contributed by atoms with Crippen LogP contribution < -0.4 is 21.7 Å². The molecule has 0 aromatic carbocycles. The van der Waals surface area contributed by atoms with Crippen LogP contribution >= 0.6 is 0 Å². The molecule has 0 amide bonds. The molecule has 1 aromatic heterocycles. The topological polar surface area (TPSA) is 160 Å². The molecular formula is C16H33N7O4. The van der Waals surface area contributed by atoms with Gasteiger partial charge in [0.05, 0.1) is 45.7 Å². The summed E-state index contributed by atoms with van der Waals surface area (Å²) in [7, 11) is 0. The van der Waals surface area contributed by atoms with Gasteiger partial charge in [-0.2, -0.15) is 15.0 Å². The largest absolute Gasteiger partial charge is 0.394 e. The average molecular weight is 387 g/mol. The first-order valence-electron chi connectivity index (χ1n) is 9.31. The van der Waals surface area contributed by atoms with Crippen molar-refractivity contribution in [3.8, 4) is 0 Å². The maximum absolute atomic E-state index is 9.22. The smallest absolute Gasteiger partial charge is 0.229 e. The van der Waals surface area contributed by atoms with Crippen LogP contribution in [-0.2, 0) is 9.47 Å². The summed E-state index contributed by atoms with van der Waals surface area (Å²) in [6, 6.07) is -0.541. The molecule has 1 aromatic rings. The Balaban J connectivity index is 2.52. The standard InChI is InChI=1S/C16H33N7O4/c1-2-3-5-18-14-21-15(19-6-8-27-10-9-26-7-4-17)23-16(22-14)20-13(11-24)12-25/h13,24-25H,2-12,17H2,1H3,(H3,18,19,20,21,22,23). The van der Waals surface area contributed by atoms with E-state index >= 15 is 0 Å². The van der Waals surface area contributed by atoms with Gasteiger partial charge in [0, 0.05) is 19.6 Å². The molecular weight excluding hydrogens is 354 g/mol. The lowest BCUT2D eigenvalue weighted by molar-refractivity contribution is 0.0547. The third-order valence-corrected chi connectivity index (χ3v) is 3.39. The Kier molecular flexibility index (Phi) is 13.2. The molecule has 0 aliphatic heterocycles. The summed E-state index contributed by atoms with van der Waals surface area (Å²) in [6.45, 7) is 5.38. The zero-order chi connectivity index (χ0) is 19.7. The van der Waals surface area contributed by atoms with Crippen LogP contribution in [0.15, 0.2) is 0 Å². The second-order valence-corrected chi connectivity index (χ2v) is 5.73. The first kappa shape index (κ1) is 23.2. The number of aromatic nitrogens is 3. The van der Waals surface area contributed by atoms with Crippen molar-refractivity contribution in [1.82, 2.24) is 15.0 Å². The number of nitrogens with zero attached hydrogens (tertiary/aromatic N) is 3. The molecule has 0 unspecified atom stereocenters. The molecule has 0 saturated heterocycles. The van der Waals surface area contributed by atoms with Gasteiger partial charge in [0.2, 0.25) is 17.8 Å². The SMILES string of the molecule is CCCCNc1nc(NCCOCCOCCN)nc(NC(CO)CO)n1. The van der Waals surface area contributed by atoms with E-state index in [0.29, 0.717) is 51.4 Å². The third-order valence-electron chi connectivity index (χ3n) is 3.39. The van der Waals surface area contributed by atoms with Crippen LogP contribution in [0.1, 0.15) is 19.8 Å². The van der Waals surface area contributed by atoms with Gasteiger partial charge in [0.15, 0.2) is 0 Å². The van der Waals surface area contributed by atoms with E-state index in [0.717, 1.165) is 19.4 Å². The Labute approximate surface area is 160 Å². The van der Waals surface area contributed by atoms with E-state index in [4.69, 9.17) is 15.2 Å². The molecule has 1 heterocycles. The zero-order valence-electron chi connectivity index (χ0n) is 16.0. The molecule has 0 radical (unpaired) electrons. The summed E-state index contributed by atoms with van der Waals surface area (Å²) in [5, 5.41) is 27.5. The van der Waals surface area contributed by atoms with E-state index in [1.165, 1.54) is 0 Å². The number of ether oxygens (including phenoxy) is 2. The summed E-state index contributed by atoms with van der Waals surface area (Å²) in [4.78, 5) is 12.8. The summed E-state index contributed by atoms with van der Waals surface area (Å²) in [5.41, 5.74) is 5.33. The van der Waals surface area contributed by atoms with E-state index in [1.54, 1.807) is 0 Å². The zero-order valence-corrected chi connectivity index (χ0v) is 16.0. The van der Waals surface area contributed by atoms with Crippen molar-refractivity contribution in [1.29, 1.82) is 0 Å². The number of nitrogens with one attached hydrogen (secondary N) is 3. The molecule has 0 aliphatic carbocycles. The Bertz CT molecular complexity index is 492. The van der Waals surface area contributed by atoms with Gasteiger partial charge in [0.1, 0.15) is 0 Å². The van der Waals surface area contributed by atoms with Crippen molar-refractivity contribution in [2.45, 2.75) is 25.8 Å². The highest BCUT2D eigenvalue weighted by atomic mass is 16.5. The molecule has 27 heavy (non-hydrogen) atoms. The minimum Gasteiger partial charge on any atom is -0.394 e. The van der Waals surface area contributed by atoms with Crippen molar-refractivity contribution in [2.24, 2.45) is 5.73 Å². The first-order chi connectivity index (χ1) is 13.2. The minimum atomic E-state index is -0.541. The molecule has 11 nitrogen and oxygen atoms in total. The Morgan fingerprint density at radius 1 is 0.889 bits per heavy atom. The number of unbranched alkanes of at least 4 members (excludes halogenated alkanes) is 1. The monoisotopic (exact) mass is 387 g/mol. The van der Waals surface area contributed by atoms with Crippen LogP contribution in [0, 0.1) is 0 Å². The summed E-state index contributed by atoms with van der Waals surface area (Å²) >= 11 is 0. The maximum Gasteiger partial charge on any atom is 0.229 e. The molecule has 0 spiro atoms. The Hall–Kier alpha value is -1.79. The van der Waals surface area contributed by atoms with Crippen molar-refractivity contribution in [3.63, 3.8) is 0 Å². The quantitative estimate of drug-likeness (QED) is 0.187. The molecule has 1 rings (SSSR count). The lowest BCUT2D eigenvalue weighted by Crippen LogP contribution is -2.29. The van der Waals surface area contributed by atoms with E-state index in [-0.39, 0.29) is 19.2 Å². The van der Waals surface area contributed by atoms with Gasteiger partial charge in [-0.3, -0.25) is 0 Å². The second kappa shape index (κ2) is 15.3. The Morgan fingerprint density at radius 2 is 1.48 bits per heavy atom. The molecule has 0 atom stereocenters. The summed E-state index contributed by atoms with van der Waals surface area (Å²) < 4.78 is 10.7. The first-order valence-corrected chi connectivity index (χ1v) is 9.31. The second-order valence-electron chi connectivity index (χ2n) is 5.73. The van der Waals surface area contributed by atoms with Gasteiger partial charge in [-0.05, 0) is 6.42 Å². The number of nitrogens with two attached hydrogens (primary N) is 1. The minimum absolute atomic E-state index is 0.233. The van der Waals surface area contributed by atoms with Crippen LogP contribution in [0.2, 0.25) is 0 Å². The predicted molar refractivity (Wildman–Crippen MR) is 104 cm³/mol. The van der Waals surface area contributed by atoms with E-state index in [9.17, 15) is 10.2 Å². The van der Waals surface area contributed by atoms with Gasteiger partial charge < -0.3 is 41.4 Å². The molecule has 0 fully saturated rings. The number of anilines is 3. The highest BCUT2D eigenvalue weighted by molar-refractivity contribution is 5.42.